The van der Waals surface area contributed by atoms with Crippen molar-refractivity contribution in [2.24, 2.45) is 5.73 Å². The number of aromatic nitrogens is 2. The number of rotatable bonds is 1. The molecule has 0 unspecified atom stereocenters. The van der Waals surface area contributed by atoms with Crippen LogP contribution in [-0.4, -0.2) is 6.09 Å². The molecule has 7 heteroatoms. The van der Waals surface area contributed by atoms with Crippen LogP contribution in [0.5, 0.6) is 5.75 Å². The van der Waals surface area contributed by atoms with Gasteiger partial charge in [-0.1, -0.05) is 18.2 Å². The first-order valence-electron chi connectivity index (χ1n) is 5.73. The number of hydrogen-bond acceptors (Lipinski definition) is 4. The highest BCUT2D eigenvalue weighted by Gasteiger charge is 2.25. The minimum absolute atomic E-state index is 0.0417. The zero-order chi connectivity index (χ0) is 14.3. The molecule has 0 saturated heterocycles. The summed E-state index contributed by atoms with van der Waals surface area (Å²) in [6.07, 6.45) is -1.05. The Labute approximate surface area is 112 Å². The normalized spacial score (nSPS) is 10.8. The molecule has 2 N–H and O–H groups in total. The Morgan fingerprint density at radius 1 is 0.950 bits per heavy atom. The van der Waals surface area contributed by atoms with Crippen molar-refractivity contribution in [2.45, 2.75) is 0 Å². The number of carbonyl (C=O) groups excluding carboxylic acids is 1. The molecule has 0 aliphatic rings. The molecule has 20 heavy (non-hydrogen) atoms. The van der Waals surface area contributed by atoms with Gasteiger partial charge in [-0.3, -0.25) is 0 Å². The van der Waals surface area contributed by atoms with Crippen molar-refractivity contribution in [2.75, 3.05) is 0 Å². The van der Waals surface area contributed by atoms with Gasteiger partial charge in [0, 0.05) is 18.2 Å². The molecule has 0 atom stereocenters. The highest BCUT2D eigenvalue weighted by atomic mass is 16.6. The lowest BCUT2D eigenvalue weighted by atomic mass is 10.2. The predicted octanol–water partition coefficient (Wildman–Crippen LogP) is 0.717. The largest absolute Gasteiger partial charge is 0.617 e. The van der Waals surface area contributed by atoms with Crippen LogP contribution in [0, 0.1) is 10.4 Å². The van der Waals surface area contributed by atoms with Crippen LogP contribution in [0.2, 0.25) is 0 Å². The lowest BCUT2D eigenvalue weighted by Gasteiger charge is -2.09. The van der Waals surface area contributed by atoms with Crippen molar-refractivity contribution in [3.8, 4) is 5.75 Å². The predicted molar refractivity (Wildman–Crippen MR) is 69.6 cm³/mol. The van der Waals surface area contributed by atoms with Crippen molar-refractivity contribution >= 4 is 28.2 Å². The zero-order valence-corrected chi connectivity index (χ0v) is 10.1. The topological polar surface area (TPSA) is 106 Å². The summed E-state index contributed by atoms with van der Waals surface area (Å²) in [5.74, 6) is -0.0552. The Bertz CT molecular complexity index is 848. The van der Waals surface area contributed by atoms with Crippen LogP contribution in [0.3, 0.4) is 0 Å². The smallest absolute Gasteiger partial charge is 0.410 e. The van der Waals surface area contributed by atoms with Gasteiger partial charge in [-0.15, -0.1) is 0 Å². The SMILES string of the molecule is NC(=O)Oc1cccc2c1[n+]([O-])c1ccccc1[n+]2[O-]. The van der Waals surface area contributed by atoms with E-state index < -0.39 is 6.09 Å². The average Bonchev–Trinajstić information content (AvgIpc) is 2.44. The number of carbonyl (C=O) groups is 1. The van der Waals surface area contributed by atoms with Crippen LogP contribution < -0.4 is 19.9 Å². The molecule has 2 aromatic carbocycles. The highest BCUT2D eigenvalue weighted by molar-refractivity contribution is 5.83. The number of benzene rings is 2. The summed E-state index contributed by atoms with van der Waals surface area (Å²) in [7, 11) is 0. The van der Waals surface area contributed by atoms with Crippen LogP contribution in [0.4, 0.5) is 4.79 Å². The number of nitrogens with two attached hydrogens (primary N) is 1. The zero-order valence-electron chi connectivity index (χ0n) is 10.1. The van der Waals surface area contributed by atoms with Gasteiger partial charge >= 0.3 is 11.6 Å². The standard InChI is InChI=1S/C13H9N3O4/c14-13(17)20-11-7-3-6-10-12(11)16(19)9-5-2-1-4-8(9)15(10)18/h1-7H,(H2,14,17). The maximum atomic E-state index is 12.4. The van der Waals surface area contributed by atoms with Gasteiger partial charge in [-0.05, 0) is 6.07 Å². The van der Waals surface area contributed by atoms with E-state index in [2.05, 4.69) is 0 Å². The van der Waals surface area contributed by atoms with Crippen LogP contribution in [0.1, 0.15) is 0 Å². The molecular formula is C13H9N3O4. The summed E-state index contributed by atoms with van der Waals surface area (Å²) in [5, 5.41) is 24.6. The molecule has 7 nitrogen and oxygen atoms in total. The van der Waals surface area contributed by atoms with Crippen molar-refractivity contribution < 1.29 is 19.0 Å². The molecular weight excluding hydrogens is 262 g/mol. The van der Waals surface area contributed by atoms with Crippen molar-refractivity contribution in [1.82, 2.24) is 0 Å². The number of ether oxygens (including phenoxy) is 1. The molecule has 1 aromatic heterocycles. The third kappa shape index (κ3) is 1.64. The number of nitrogens with zero attached hydrogens (tertiary/aromatic N) is 2. The fourth-order valence-electron chi connectivity index (χ4n) is 2.13. The fraction of sp³-hybridized carbons (Fsp3) is 0. The maximum absolute atomic E-state index is 12.4. The van der Waals surface area contributed by atoms with Gasteiger partial charge in [-0.2, -0.15) is 9.46 Å². The van der Waals surface area contributed by atoms with E-state index in [1.54, 1.807) is 12.1 Å². The van der Waals surface area contributed by atoms with E-state index in [1.165, 1.54) is 30.3 Å². The van der Waals surface area contributed by atoms with E-state index >= 15 is 0 Å². The van der Waals surface area contributed by atoms with Crippen LogP contribution in [-0.2, 0) is 0 Å². The first-order chi connectivity index (χ1) is 9.59. The molecule has 0 aliphatic heterocycles. The van der Waals surface area contributed by atoms with E-state index in [4.69, 9.17) is 10.5 Å². The molecule has 0 radical (unpaired) electrons. The Kier molecular flexibility index (Phi) is 2.53. The molecule has 100 valence electrons. The summed E-state index contributed by atoms with van der Waals surface area (Å²) in [4.78, 5) is 10.9. The molecule has 0 fully saturated rings. The Morgan fingerprint density at radius 3 is 2.20 bits per heavy atom. The van der Waals surface area contributed by atoms with Gasteiger partial charge in [0.25, 0.3) is 16.6 Å². The van der Waals surface area contributed by atoms with E-state index in [9.17, 15) is 15.2 Å². The maximum Gasteiger partial charge on any atom is 0.410 e. The molecule has 1 heterocycles. The molecule has 3 rings (SSSR count). The number of amides is 1. The summed E-state index contributed by atoms with van der Waals surface area (Å²) in [6.45, 7) is 0. The van der Waals surface area contributed by atoms with Crippen LogP contribution in [0.25, 0.3) is 22.1 Å². The van der Waals surface area contributed by atoms with Crippen molar-refractivity contribution in [3.05, 3.63) is 52.9 Å². The molecule has 0 spiro atoms. The highest BCUT2D eigenvalue weighted by Crippen LogP contribution is 2.22. The summed E-state index contributed by atoms with van der Waals surface area (Å²) < 4.78 is 5.95. The van der Waals surface area contributed by atoms with Crippen LogP contribution in [0.15, 0.2) is 42.5 Å². The van der Waals surface area contributed by atoms with Gasteiger partial charge in [0.15, 0.2) is 0 Å². The van der Waals surface area contributed by atoms with E-state index in [1.807, 2.05) is 0 Å². The number of primary amides is 1. The Morgan fingerprint density at radius 2 is 1.55 bits per heavy atom. The molecule has 0 saturated carbocycles. The second kappa shape index (κ2) is 4.23. The molecule has 1 amide bonds. The fourth-order valence-corrected chi connectivity index (χ4v) is 2.13. The lowest BCUT2D eigenvalue weighted by Crippen LogP contribution is -2.39. The van der Waals surface area contributed by atoms with Gasteiger partial charge in [-0.25, -0.2) is 4.79 Å². The number of hydrogen-bond donors (Lipinski definition) is 1. The third-order valence-electron chi connectivity index (χ3n) is 2.93. The second-order valence-corrected chi connectivity index (χ2v) is 4.12. The first-order valence-corrected chi connectivity index (χ1v) is 5.73. The van der Waals surface area contributed by atoms with Crippen molar-refractivity contribution in [3.63, 3.8) is 0 Å². The first kappa shape index (κ1) is 12.0. The quantitative estimate of drug-likeness (QED) is 0.399. The molecule has 3 aromatic rings. The minimum Gasteiger partial charge on any atom is -0.617 e. The summed E-state index contributed by atoms with van der Waals surface area (Å²) >= 11 is 0. The van der Waals surface area contributed by atoms with Gasteiger partial charge < -0.3 is 20.9 Å². The third-order valence-corrected chi connectivity index (χ3v) is 2.93. The van der Waals surface area contributed by atoms with E-state index in [0.717, 1.165) is 0 Å². The van der Waals surface area contributed by atoms with E-state index in [0.29, 0.717) is 9.46 Å². The van der Waals surface area contributed by atoms with Crippen molar-refractivity contribution in [1.29, 1.82) is 0 Å². The van der Waals surface area contributed by atoms with Crippen LogP contribution >= 0.6 is 0 Å². The number of para-hydroxylation sites is 3. The monoisotopic (exact) mass is 271 g/mol. The van der Waals surface area contributed by atoms with E-state index in [-0.39, 0.29) is 27.8 Å². The number of fused-ring (bicyclic) bond motifs is 2. The Balaban J connectivity index is 2.49. The summed E-state index contributed by atoms with van der Waals surface area (Å²) in [5.41, 5.74) is 5.42. The average molecular weight is 271 g/mol. The molecule has 0 bridgehead atoms. The summed E-state index contributed by atoms with van der Waals surface area (Å²) in [6, 6.07) is 10.7. The van der Waals surface area contributed by atoms with Gasteiger partial charge in [0.2, 0.25) is 5.75 Å². The molecule has 0 aliphatic carbocycles. The second-order valence-electron chi connectivity index (χ2n) is 4.12. The van der Waals surface area contributed by atoms with Gasteiger partial charge in [0.05, 0.1) is 0 Å². The minimum atomic E-state index is -1.05. The Hall–Kier alpha value is -3.09. The van der Waals surface area contributed by atoms with Gasteiger partial charge in [0.1, 0.15) is 0 Å². The lowest BCUT2D eigenvalue weighted by molar-refractivity contribution is -0.591.